The molecule has 2 rings (SSSR count). The molecule has 90 valence electrons. The SMILES string of the molecule is CC(C)c1ccc(-c2cc(CCN)cs2)cc1. The summed E-state index contributed by atoms with van der Waals surface area (Å²) in [6.07, 6.45) is 0.973. The Morgan fingerprint density at radius 2 is 1.88 bits per heavy atom. The molecule has 1 nitrogen and oxygen atoms in total. The molecular weight excluding hydrogens is 226 g/mol. The molecule has 0 aliphatic rings. The van der Waals surface area contributed by atoms with Gasteiger partial charge in [-0.2, -0.15) is 0 Å². The van der Waals surface area contributed by atoms with Crippen LogP contribution >= 0.6 is 11.3 Å². The van der Waals surface area contributed by atoms with Crippen molar-refractivity contribution in [2.24, 2.45) is 5.73 Å². The molecule has 0 amide bonds. The molecule has 1 aromatic heterocycles. The third kappa shape index (κ3) is 2.96. The fourth-order valence-corrected chi connectivity index (χ4v) is 2.81. The van der Waals surface area contributed by atoms with Crippen LogP contribution in [0.1, 0.15) is 30.9 Å². The fourth-order valence-electron chi connectivity index (χ4n) is 1.86. The van der Waals surface area contributed by atoms with Gasteiger partial charge in [0.1, 0.15) is 0 Å². The van der Waals surface area contributed by atoms with E-state index in [0.29, 0.717) is 5.92 Å². The molecule has 0 aliphatic heterocycles. The second kappa shape index (κ2) is 5.48. The summed E-state index contributed by atoms with van der Waals surface area (Å²) in [7, 11) is 0. The van der Waals surface area contributed by atoms with Crippen molar-refractivity contribution < 1.29 is 0 Å². The van der Waals surface area contributed by atoms with Gasteiger partial charge < -0.3 is 5.73 Å². The molecule has 0 radical (unpaired) electrons. The van der Waals surface area contributed by atoms with Crippen LogP contribution in [0.2, 0.25) is 0 Å². The van der Waals surface area contributed by atoms with Gasteiger partial charge in [0.05, 0.1) is 0 Å². The number of rotatable bonds is 4. The molecule has 0 fully saturated rings. The molecule has 2 N–H and O–H groups in total. The van der Waals surface area contributed by atoms with E-state index in [2.05, 4.69) is 49.6 Å². The highest BCUT2D eigenvalue weighted by atomic mass is 32.1. The zero-order valence-corrected chi connectivity index (χ0v) is 11.3. The van der Waals surface area contributed by atoms with Crippen molar-refractivity contribution in [2.75, 3.05) is 6.54 Å². The highest BCUT2D eigenvalue weighted by Crippen LogP contribution is 2.28. The second-order valence-electron chi connectivity index (χ2n) is 4.63. The van der Waals surface area contributed by atoms with E-state index >= 15 is 0 Å². The van der Waals surface area contributed by atoms with E-state index in [4.69, 9.17) is 5.73 Å². The fraction of sp³-hybridized carbons (Fsp3) is 0.333. The summed E-state index contributed by atoms with van der Waals surface area (Å²) in [6.45, 7) is 5.17. The normalized spacial score (nSPS) is 11.1. The quantitative estimate of drug-likeness (QED) is 0.864. The van der Waals surface area contributed by atoms with Gasteiger partial charge >= 0.3 is 0 Å². The summed E-state index contributed by atoms with van der Waals surface area (Å²) >= 11 is 1.80. The first-order chi connectivity index (χ1) is 8.20. The molecule has 2 heteroatoms. The maximum absolute atomic E-state index is 5.57. The van der Waals surface area contributed by atoms with Crippen molar-refractivity contribution in [1.29, 1.82) is 0 Å². The molecular formula is C15H19NS. The maximum Gasteiger partial charge on any atom is 0.0345 e. The van der Waals surface area contributed by atoms with Gasteiger partial charge in [0.2, 0.25) is 0 Å². The van der Waals surface area contributed by atoms with E-state index < -0.39 is 0 Å². The lowest BCUT2D eigenvalue weighted by atomic mass is 10.0. The Labute approximate surface area is 107 Å². The van der Waals surface area contributed by atoms with Crippen LogP contribution in [0.3, 0.4) is 0 Å². The molecule has 2 aromatic rings. The molecule has 0 saturated carbocycles. The van der Waals surface area contributed by atoms with Gasteiger partial charge in [0, 0.05) is 4.88 Å². The van der Waals surface area contributed by atoms with Gasteiger partial charge in [-0.05, 0) is 47.0 Å². The molecule has 0 unspecified atom stereocenters. The predicted molar refractivity (Wildman–Crippen MR) is 76.6 cm³/mol. The van der Waals surface area contributed by atoms with Gasteiger partial charge in [-0.15, -0.1) is 11.3 Å². The topological polar surface area (TPSA) is 26.0 Å². The van der Waals surface area contributed by atoms with Crippen LogP contribution in [0, 0.1) is 0 Å². The monoisotopic (exact) mass is 245 g/mol. The largest absolute Gasteiger partial charge is 0.330 e. The maximum atomic E-state index is 5.57. The van der Waals surface area contributed by atoms with E-state index in [0.717, 1.165) is 13.0 Å². The van der Waals surface area contributed by atoms with Crippen molar-refractivity contribution >= 4 is 11.3 Å². The van der Waals surface area contributed by atoms with Crippen LogP contribution in [0.25, 0.3) is 10.4 Å². The third-order valence-electron chi connectivity index (χ3n) is 2.95. The lowest BCUT2D eigenvalue weighted by Crippen LogP contribution is -2.01. The summed E-state index contributed by atoms with van der Waals surface area (Å²) in [5.74, 6) is 0.597. The second-order valence-corrected chi connectivity index (χ2v) is 5.55. The Bertz CT molecular complexity index is 468. The lowest BCUT2D eigenvalue weighted by molar-refractivity contribution is 0.867. The molecule has 0 saturated heterocycles. The van der Waals surface area contributed by atoms with Gasteiger partial charge in [-0.3, -0.25) is 0 Å². The zero-order chi connectivity index (χ0) is 12.3. The molecule has 0 spiro atoms. The number of hydrogen-bond acceptors (Lipinski definition) is 2. The first-order valence-electron chi connectivity index (χ1n) is 6.08. The summed E-state index contributed by atoms with van der Waals surface area (Å²) < 4.78 is 0. The summed E-state index contributed by atoms with van der Waals surface area (Å²) in [6, 6.07) is 11.1. The van der Waals surface area contributed by atoms with Gasteiger partial charge in [0.25, 0.3) is 0 Å². The number of nitrogens with two attached hydrogens (primary N) is 1. The summed E-state index contributed by atoms with van der Waals surface area (Å²) in [4.78, 5) is 1.34. The molecule has 17 heavy (non-hydrogen) atoms. The minimum absolute atomic E-state index is 0.597. The Morgan fingerprint density at radius 1 is 1.18 bits per heavy atom. The van der Waals surface area contributed by atoms with Crippen molar-refractivity contribution in [3.05, 3.63) is 46.8 Å². The molecule has 1 aromatic carbocycles. The first-order valence-corrected chi connectivity index (χ1v) is 6.96. The Morgan fingerprint density at radius 3 is 2.47 bits per heavy atom. The molecule has 0 bridgehead atoms. The first kappa shape index (κ1) is 12.3. The Balaban J connectivity index is 2.21. The van der Waals surface area contributed by atoms with Crippen molar-refractivity contribution in [3.8, 4) is 10.4 Å². The van der Waals surface area contributed by atoms with Gasteiger partial charge in [0.15, 0.2) is 0 Å². The molecule has 0 aliphatic carbocycles. The summed E-state index contributed by atoms with van der Waals surface area (Å²) in [5, 5.41) is 2.21. The molecule has 0 atom stereocenters. The van der Waals surface area contributed by atoms with Crippen molar-refractivity contribution in [1.82, 2.24) is 0 Å². The zero-order valence-electron chi connectivity index (χ0n) is 10.4. The minimum Gasteiger partial charge on any atom is -0.330 e. The van der Waals surface area contributed by atoms with Gasteiger partial charge in [-0.25, -0.2) is 0 Å². The van der Waals surface area contributed by atoms with Crippen LogP contribution in [-0.2, 0) is 6.42 Å². The minimum atomic E-state index is 0.597. The number of hydrogen-bond donors (Lipinski definition) is 1. The van der Waals surface area contributed by atoms with E-state index in [-0.39, 0.29) is 0 Å². The molecule has 1 heterocycles. The van der Waals surface area contributed by atoms with Crippen LogP contribution in [0.4, 0.5) is 0 Å². The van der Waals surface area contributed by atoms with E-state index in [9.17, 15) is 0 Å². The van der Waals surface area contributed by atoms with E-state index in [1.807, 2.05) is 0 Å². The van der Waals surface area contributed by atoms with E-state index in [1.165, 1.54) is 21.6 Å². The van der Waals surface area contributed by atoms with Crippen LogP contribution < -0.4 is 5.73 Å². The van der Waals surface area contributed by atoms with Crippen molar-refractivity contribution in [3.63, 3.8) is 0 Å². The van der Waals surface area contributed by atoms with Crippen molar-refractivity contribution in [2.45, 2.75) is 26.2 Å². The van der Waals surface area contributed by atoms with Crippen LogP contribution in [0.15, 0.2) is 35.7 Å². The van der Waals surface area contributed by atoms with E-state index in [1.54, 1.807) is 11.3 Å². The van der Waals surface area contributed by atoms with Crippen LogP contribution in [-0.4, -0.2) is 6.54 Å². The predicted octanol–water partition coefficient (Wildman–Crippen LogP) is 4.04. The Hall–Kier alpha value is -1.12. The number of thiophene rings is 1. The Kier molecular flexibility index (Phi) is 3.97. The smallest absolute Gasteiger partial charge is 0.0345 e. The number of benzene rings is 1. The van der Waals surface area contributed by atoms with Crippen LogP contribution in [0.5, 0.6) is 0 Å². The van der Waals surface area contributed by atoms with Gasteiger partial charge in [-0.1, -0.05) is 38.1 Å². The highest BCUT2D eigenvalue weighted by molar-refractivity contribution is 7.13. The average molecular weight is 245 g/mol. The lowest BCUT2D eigenvalue weighted by Gasteiger charge is -2.05. The average Bonchev–Trinajstić information content (AvgIpc) is 2.78. The highest BCUT2D eigenvalue weighted by Gasteiger charge is 2.03. The standard InChI is InChI=1S/C15H19NS/c1-11(2)13-3-5-14(6-4-13)15-9-12(7-8-16)10-17-15/h3-6,9-11H,7-8,16H2,1-2H3. The summed E-state index contributed by atoms with van der Waals surface area (Å²) in [5.41, 5.74) is 9.62. The third-order valence-corrected chi connectivity index (χ3v) is 3.98.